The van der Waals surface area contributed by atoms with Crippen LogP contribution in [-0.2, 0) is 20.8 Å². The van der Waals surface area contributed by atoms with Crippen LogP contribution in [0.4, 0.5) is 0 Å². The van der Waals surface area contributed by atoms with E-state index >= 15 is 0 Å². The molecule has 0 bridgehead atoms. The second kappa shape index (κ2) is 8.12. The molecule has 3 rings (SSSR count). The largest absolute Gasteiger partial charge is 0.480 e. The van der Waals surface area contributed by atoms with Crippen molar-refractivity contribution in [3.8, 4) is 0 Å². The molecule has 7 heteroatoms. The number of amides is 3. The van der Waals surface area contributed by atoms with E-state index in [0.717, 1.165) is 24.8 Å². The van der Waals surface area contributed by atoms with E-state index < -0.39 is 17.4 Å². The van der Waals surface area contributed by atoms with Crippen molar-refractivity contribution in [3.05, 3.63) is 35.4 Å². The Balaban J connectivity index is 1.64. The summed E-state index contributed by atoms with van der Waals surface area (Å²) in [6.45, 7) is 2.10. The van der Waals surface area contributed by atoms with Crippen molar-refractivity contribution in [2.24, 2.45) is 11.8 Å². The van der Waals surface area contributed by atoms with E-state index in [1.807, 2.05) is 0 Å². The topological polar surface area (TPSA) is 113 Å². The summed E-state index contributed by atoms with van der Waals surface area (Å²) in [5.41, 5.74) is 0.0285. The number of rotatable bonds is 6. The SMILES string of the molecule is CCC1CCC(NC(=O)c2ccc(CC3CC(=O)NC3=O)cc2)(C(=O)O)CC1. The summed E-state index contributed by atoms with van der Waals surface area (Å²) in [6, 6.07) is 6.75. The molecule has 3 amide bonds. The molecule has 1 aliphatic carbocycles. The van der Waals surface area contributed by atoms with Crippen LogP contribution in [0.3, 0.4) is 0 Å². The van der Waals surface area contributed by atoms with Crippen LogP contribution in [0.5, 0.6) is 0 Å². The van der Waals surface area contributed by atoms with Gasteiger partial charge in [-0.1, -0.05) is 25.5 Å². The highest BCUT2D eigenvalue weighted by Crippen LogP contribution is 2.34. The molecule has 1 saturated carbocycles. The summed E-state index contributed by atoms with van der Waals surface area (Å²) < 4.78 is 0. The number of carboxylic acids is 1. The molecule has 1 aliphatic heterocycles. The van der Waals surface area contributed by atoms with Gasteiger partial charge in [0.25, 0.3) is 5.91 Å². The van der Waals surface area contributed by atoms with Crippen LogP contribution >= 0.6 is 0 Å². The summed E-state index contributed by atoms with van der Waals surface area (Å²) in [5.74, 6) is -1.78. The molecule has 1 atom stereocenters. The van der Waals surface area contributed by atoms with Crippen LogP contribution in [0.25, 0.3) is 0 Å². The Hall–Kier alpha value is -2.70. The van der Waals surface area contributed by atoms with Crippen molar-refractivity contribution in [3.63, 3.8) is 0 Å². The maximum atomic E-state index is 12.6. The first-order chi connectivity index (χ1) is 13.3. The number of carbonyl (C=O) groups excluding carboxylic acids is 3. The van der Waals surface area contributed by atoms with Crippen LogP contribution < -0.4 is 10.6 Å². The Labute approximate surface area is 163 Å². The summed E-state index contributed by atoms with van der Waals surface area (Å²) >= 11 is 0. The minimum Gasteiger partial charge on any atom is -0.480 e. The molecule has 3 N–H and O–H groups in total. The van der Waals surface area contributed by atoms with Crippen molar-refractivity contribution in [1.82, 2.24) is 10.6 Å². The number of imide groups is 1. The maximum Gasteiger partial charge on any atom is 0.329 e. The van der Waals surface area contributed by atoms with Gasteiger partial charge in [-0.15, -0.1) is 0 Å². The second-order valence-electron chi connectivity index (χ2n) is 7.91. The Kier molecular flexibility index (Phi) is 5.82. The Bertz CT molecular complexity index is 778. The third-order valence-electron chi connectivity index (χ3n) is 6.06. The molecule has 7 nitrogen and oxygen atoms in total. The van der Waals surface area contributed by atoms with Crippen molar-refractivity contribution in [2.75, 3.05) is 0 Å². The van der Waals surface area contributed by atoms with Gasteiger partial charge >= 0.3 is 5.97 Å². The molecule has 0 radical (unpaired) electrons. The number of carboxylic acid groups (broad SMARTS) is 1. The third kappa shape index (κ3) is 4.24. The number of carbonyl (C=O) groups is 4. The van der Waals surface area contributed by atoms with E-state index in [1.165, 1.54) is 0 Å². The van der Waals surface area contributed by atoms with Crippen LogP contribution in [0.15, 0.2) is 24.3 Å². The molecular weight excluding hydrogens is 360 g/mol. The smallest absolute Gasteiger partial charge is 0.329 e. The molecule has 150 valence electrons. The highest BCUT2D eigenvalue weighted by Gasteiger charge is 2.43. The van der Waals surface area contributed by atoms with E-state index in [-0.39, 0.29) is 24.2 Å². The lowest BCUT2D eigenvalue weighted by Gasteiger charge is -2.37. The van der Waals surface area contributed by atoms with Crippen LogP contribution in [0.2, 0.25) is 0 Å². The van der Waals surface area contributed by atoms with Crippen LogP contribution in [0, 0.1) is 11.8 Å². The van der Waals surface area contributed by atoms with Crippen LogP contribution in [0.1, 0.15) is 61.4 Å². The van der Waals surface area contributed by atoms with E-state index in [1.54, 1.807) is 24.3 Å². The first kappa shape index (κ1) is 20.0. The zero-order chi connectivity index (χ0) is 20.3. The zero-order valence-corrected chi connectivity index (χ0v) is 16.0. The normalized spacial score (nSPS) is 27.3. The third-order valence-corrected chi connectivity index (χ3v) is 6.06. The van der Waals surface area contributed by atoms with Gasteiger partial charge < -0.3 is 10.4 Å². The number of nitrogens with one attached hydrogen (secondary N) is 2. The lowest BCUT2D eigenvalue weighted by molar-refractivity contribution is -0.146. The van der Waals surface area contributed by atoms with E-state index in [4.69, 9.17) is 0 Å². The Morgan fingerprint density at radius 3 is 2.32 bits per heavy atom. The Morgan fingerprint density at radius 2 is 1.82 bits per heavy atom. The predicted octanol–water partition coefficient (Wildman–Crippen LogP) is 2.05. The molecule has 1 aromatic carbocycles. The van der Waals surface area contributed by atoms with Gasteiger partial charge in [-0.3, -0.25) is 19.7 Å². The summed E-state index contributed by atoms with van der Waals surface area (Å²) in [6.07, 6.45) is 4.10. The minimum absolute atomic E-state index is 0.182. The quantitative estimate of drug-likeness (QED) is 0.648. The maximum absolute atomic E-state index is 12.6. The molecule has 28 heavy (non-hydrogen) atoms. The van der Waals surface area contributed by atoms with Crippen molar-refractivity contribution in [1.29, 1.82) is 0 Å². The first-order valence-corrected chi connectivity index (χ1v) is 9.81. The summed E-state index contributed by atoms with van der Waals surface area (Å²) in [4.78, 5) is 47.5. The number of aliphatic carboxylic acids is 1. The van der Waals surface area contributed by atoms with Crippen LogP contribution in [-0.4, -0.2) is 34.3 Å². The van der Waals surface area contributed by atoms with Crippen molar-refractivity contribution in [2.45, 2.75) is 57.4 Å². The van der Waals surface area contributed by atoms with Gasteiger partial charge in [0.05, 0.1) is 5.92 Å². The van der Waals surface area contributed by atoms with Crippen molar-refractivity contribution >= 4 is 23.7 Å². The van der Waals surface area contributed by atoms with E-state index in [0.29, 0.717) is 30.7 Å². The van der Waals surface area contributed by atoms with Crippen molar-refractivity contribution < 1.29 is 24.3 Å². The van der Waals surface area contributed by atoms with Gasteiger partial charge in [-0.2, -0.15) is 0 Å². The molecule has 1 unspecified atom stereocenters. The second-order valence-corrected chi connectivity index (χ2v) is 7.91. The molecule has 1 heterocycles. The van der Waals surface area contributed by atoms with Gasteiger partial charge in [0.1, 0.15) is 5.54 Å². The molecule has 1 aromatic rings. The van der Waals surface area contributed by atoms with Gasteiger partial charge in [0, 0.05) is 12.0 Å². The first-order valence-electron chi connectivity index (χ1n) is 9.81. The summed E-state index contributed by atoms with van der Waals surface area (Å²) in [7, 11) is 0. The van der Waals surface area contributed by atoms with Gasteiger partial charge in [0.2, 0.25) is 11.8 Å². The minimum atomic E-state index is -1.20. The number of benzene rings is 1. The lowest BCUT2D eigenvalue weighted by atomic mass is 9.75. The molecule has 2 aliphatic rings. The lowest BCUT2D eigenvalue weighted by Crippen LogP contribution is -2.56. The molecule has 1 saturated heterocycles. The fourth-order valence-corrected chi connectivity index (χ4v) is 4.11. The fourth-order valence-electron chi connectivity index (χ4n) is 4.11. The monoisotopic (exact) mass is 386 g/mol. The molecule has 0 spiro atoms. The van der Waals surface area contributed by atoms with Gasteiger partial charge in [-0.25, -0.2) is 4.79 Å². The highest BCUT2D eigenvalue weighted by molar-refractivity contribution is 6.03. The predicted molar refractivity (Wildman–Crippen MR) is 101 cm³/mol. The standard InChI is InChI=1S/C21H26N2O5/c1-2-13-7-9-21(10-8-13,20(27)28)23-19(26)15-5-3-14(4-6-15)11-16-12-17(24)22-18(16)25/h3-6,13,16H,2,7-12H2,1H3,(H,23,26)(H,27,28)(H,22,24,25). The zero-order valence-electron chi connectivity index (χ0n) is 16.0. The van der Waals surface area contributed by atoms with Gasteiger partial charge in [-0.05, 0) is 55.7 Å². The molecular formula is C21H26N2O5. The summed E-state index contributed by atoms with van der Waals surface area (Å²) in [5, 5.41) is 14.8. The molecule has 0 aromatic heterocycles. The van der Waals surface area contributed by atoms with Gasteiger partial charge in [0.15, 0.2) is 0 Å². The van der Waals surface area contributed by atoms with E-state index in [9.17, 15) is 24.3 Å². The van der Waals surface area contributed by atoms with E-state index in [2.05, 4.69) is 17.6 Å². The number of hydrogen-bond donors (Lipinski definition) is 3. The average Bonchev–Trinajstić information content (AvgIpc) is 2.99. The number of hydrogen-bond acceptors (Lipinski definition) is 4. The highest BCUT2D eigenvalue weighted by atomic mass is 16.4. The Morgan fingerprint density at radius 1 is 1.18 bits per heavy atom. The average molecular weight is 386 g/mol. The fraction of sp³-hybridized carbons (Fsp3) is 0.524. The molecule has 2 fully saturated rings.